The molecular weight excluding hydrogens is 378 g/mol. The van der Waals surface area contributed by atoms with Crippen molar-refractivity contribution >= 4 is 23.8 Å². The van der Waals surface area contributed by atoms with E-state index in [1.54, 1.807) is 37.3 Å². The standard InChI is InChI=1S/C20H29N3O6/c1-3-12(2)17(23-18(26)14(21)9-10-16(24)25)19(27)22-15(20(28)29)11-13-7-5-4-6-8-13/h4-8,12,14-15,17H,3,9-11,21H2,1-2H3,(H,22,27)(H,23,26)(H,24,25)(H,28,29)/t12-,14-,15-,17-/m0/s1. The number of hydrogen-bond donors (Lipinski definition) is 5. The molecular formula is C20H29N3O6. The van der Waals surface area contributed by atoms with E-state index >= 15 is 0 Å². The third kappa shape index (κ3) is 8.30. The first kappa shape index (κ1) is 24.1. The minimum Gasteiger partial charge on any atom is -0.481 e. The van der Waals surface area contributed by atoms with Gasteiger partial charge in [0.25, 0.3) is 0 Å². The number of aliphatic carboxylic acids is 2. The predicted octanol–water partition coefficient (Wildman–Crippen LogP) is 0.522. The zero-order valence-electron chi connectivity index (χ0n) is 16.6. The number of carboxylic acid groups (broad SMARTS) is 2. The third-order valence-corrected chi connectivity index (χ3v) is 4.70. The Morgan fingerprint density at radius 3 is 2.17 bits per heavy atom. The van der Waals surface area contributed by atoms with Gasteiger partial charge in [-0.25, -0.2) is 4.79 Å². The second-order valence-corrected chi connectivity index (χ2v) is 7.00. The van der Waals surface area contributed by atoms with Crippen molar-refractivity contribution in [2.45, 2.75) is 57.7 Å². The number of rotatable bonds is 12. The molecule has 1 rings (SSSR count). The van der Waals surface area contributed by atoms with Crippen LogP contribution in [0.4, 0.5) is 0 Å². The van der Waals surface area contributed by atoms with Crippen LogP contribution >= 0.6 is 0 Å². The van der Waals surface area contributed by atoms with E-state index < -0.39 is 41.9 Å². The average Bonchev–Trinajstić information content (AvgIpc) is 2.69. The van der Waals surface area contributed by atoms with Gasteiger partial charge in [0, 0.05) is 12.8 Å². The molecule has 0 bridgehead atoms. The molecule has 160 valence electrons. The van der Waals surface area contributed by atoms with Gasteiger partial charge >= 0.3 is 11.9 Å². The summed E-state index contributed by atoms with van der Waals surface area (Å²) in [4.78, 5) is 47.3. The van der Waals surface area contributed by atoms with Gasteiger partial charge in [0.2, 0.25) is 11.8 Å². The lowest BCUT2D eigenvalue weighted by atomic mass is 9.96. The molecule has 0 radical (unpaired) electrons. The third-order valence-electron chi connectivity index (χ3n) is 4.70. The van der Waals surface area contributed by atoms with E-state index in [0.717, 1.165) is 5.56 Å². The normalized spacial score (nSPS) is 14.9. The molecule has 0 fully saturated rings. The summed E-state index contributed by atoms with van der Waals surface area (Å²) in [7, 11) is 0. The molecule has 29 heavy (non-hydrogen) atoms. The van der Waals surface area contributed by atoms with Crippen LogP contribution in [0.3, 0.4) is 0 Å². The maximum Gasteiger partial charge on any atom is 0.326 e. The van der Waals surface area contributed by atoms with Crippen LogP contribution in [0, 0.1) is 5.92 Å². The second-order valence-electron chi connectivity index (χ2n) is 7.00. The topological polar surface area (TPSA) is 159 Å². The molecule has 0 heterocycles. The van der Waals surface area contributed by atoms with Crippen molar-refractivity contribution in [1.29, 1.82) is 0 Å². The molecule has 0 unspecified atom stereocenters. The number of carbonyl (C=O) groups is 4. The van der Waals surface area contributed by atoms with E-state index in [2.05, 4.69) is 10.6 Å². The smallest absolute Gasteiger partial charge is 0.326 e. The van der Waals surface area contributed by atoms with Gasteiger partial charge in [-0.05, 0) is 17.9 Å². The predicted molar refractivity (Wildman–Crippen MR) is 106 cm³/mol. The molecule has 9 heteroatoms. The van der Waals surface area contributed by atoms with Crippen LogP contribution in [-0.4, -0.2) is 52.1 Å². The number of amides is 2. The van der Waals surface area contributed by atoms with Crippen molar-refractivity contribution in [3.05, 3.63) is 35.9 Å². The van der Waals surface area contributed by atoms with Crippen molar-refractivity contribution in [3.63, 3.8) is 0 Å². The maximum atomic E-state index is 12.7. The Kier molecular flexibility index (Phi) is 9.81. The lowest BCUT2D eigenvalue weighted by Gasteiger charge is -2.26. The monoisotopic (exact) mass is 407 g/mol. The summed E-state index contributed by atoms with van der Waals surface area (Å²) in [5.74, 6) is -3.82. The molecule has 0 aromatic heterocycles. The SMILES string of the molecule is CC[C@H](C)[C@H](NC(=O)[C@@H](N)CCC(=O)O)C(=O)N[C@@H](Cc1ccccc1)C(=O)O. The van der Waals surface area contributed by atoms with E-state index in [0.29, 0.717) is 6.42 Å². The Bertz CT molecular complexity index is 709. The zero-order valence-corrected chi connectivity index (χ0v) is 16.6. The molecule has 1 aromatic carbocycles. The van der Waals surface area contributed by atoms with Crippen molar-refractivity contribution in [2.75, 3.05) is 0 Å². The number of nitrogens with one attached hydrogen (secondary N) is 2. The Hall–Kier alpha value is -2.94. The van der Waals surface area contributed by atoms with Crippen LogP contribution < -0.4 is 16.4 Å². The van der Waals surface area contributed by atoms with Crippen LogP contribution in [0.15, 0.2) is 30.3 Å². The van der Waals surface area contributed by atoms with Gasteiger partial charge in [0.05, 0.1) is 6.04 Å². The second kappa shape index (κ2) is 11.8. The fourth-order valence-electron chi connectivity index (χ4n) is 2.68. The number of carbonyl (C=O) groups excluding carboxylic acids is 2. The number of nitrogens with two attached hydrogens (primary N) is 1. The van der Waals surface area contributed by atoms with E-state index in [4.69, 9.17) is 10.8 Å². The van der Waals surface area contributed by atoms with Crippen LogP contribution in [0.5, 0.6) is 0 Å². The molecule has 0 aliphatic rings. The Labute approximate surface area is 169 Å². The summed E-state index contributed by atoms with van der Waals surface area (Å²) in [5.41, 5.74) is 6.46. The Balaban J connectivity index is 2.84. The fraction of sp³-hybridized carbons (Fsp3) is 0.500. The van der Waals surface area contributed by atoms with Crippen LogP contribution in [-0.2, 0) is 25.6 Å². The fourth-order valence-corrected chi connectivity index (χ4v) is 2.68. The Morgan fingerprint density at radius 1 is 1.03 bits per heavy atom. The van der Waals surface area contributed by atoms with Crippen molar-refractivity contribution < 1.29 is 29.4 Å². The quantitative estimate of drug-likeness (QED) is 0.338. The van der Waals surface area contributed by atoms with Crippen LogP contribution in [0.25, 0.3) is 0 Å². The first-order valence-corrected chi connectivity index (χ1v) is 9.50. The molecule has 1 aromatic rings. The van der Waals surface area contributed by atoms with E-state index in [-0.39, 0.29) is 25.2 Å². The molecule has 2 amide bonds. The van der Waals surface area contributed by atoms with Gasteiger partial charge in [0.15, 0.2) is 0 Å². The summed E-state index contributed by atoms with van der Waals surface area (Å²) in [6.45, 7) is 3.58. The van der Waals surface area contributed by atoms with Gasteiger partial charge < -0.3 is 26.6 Å². The summed E-state index contributed by atoms with van der Waals surface area (Å²) in [6, 6.07) is 5.66. The summed E-state index contributed by atoms with van der Waals surface area (Å²) in [5, 5.41) is 23.2. The van der Waals surface area contributed by atoms with Crippen LogP contribution in [0.1, 0.15) is 38.7 Å². The van der Waals surface area contributed by atoms with Crippen molar-refractivity contribution in [2.24, 2.45) is 11.7 Å². The van der Waals surface area contributed by atoms with Gasteiger partial charge in [-0.15, -0.1) is 0 Å². The molecule has 0 saturated heterocycles. The highest BCUT2D eigenvalue weighted by molar-refractivity contribution is 5.92. The summed E-state index contributed by atoms with van der Waals surface area (Å²) >= 11 is 0. The van der Waals surface area contributed by atoms with Crippen molar-refractivity contribution in [1.82, 2.24) is 10.6 Å². The number of carboxylic acids is 2. The van der Waals surface area contributed by atoms with E-state index in [1.165, 1.54) is 0 Å². The number of hydrogen-bond acceptors (Lipinski definition) is 5. The van der Waals surface area contributed by atoms with Gasteiger partial charge in [-0.2, -0.15) is 0 Å². The Morgan fingerprint density at radius 2 is 1.66 bits per heavy atom. The first-order chi connectivity index (χ1) is 13.6. The lowest BCUT2D eigenvalue weighted by molar-refractivity contribution is -0.142. The molecule has 0 spiro atoms. The van der Waals surface area contributed by atoms with E-state index in [9.17, 15) is 24.3 Å². The van der Waals surface area contributed by atoms with Gasteiger partial charge in [-0.3, -0.25) is 14.4 Å². The van der Waals surface area contributed by atoms with E-state index in [1.807, 2.05) is 6.92 Å². The largest absolute Gasteiger partial charge is 0.481 e. The molecule has 6 N–H and O–H groups in total. The highest BCUT2D eigenvalue weighted by Crippen LogP contribution is 2.11. The molecule has 0 aliphatic carbocycles. The molecule has 0 saturated carbocycles. The van der Waals surface area contributed by atoms with Crippen LogP contribution in [0.2, 0.25) is 0 Å². The maximum absolute atomic E-state index is 12.7. The minimum absolute atomic E-state index is 0.0677. The minimum atomic E-state index is -1.19. The summed E-state index contributed by atoms with van der Waals surface area (Å²) in [6.07, 6.45) is 0.315. The van der Waals surface area contributed by atoms with Gasteiger partial charge in [-0.1, -0.05) is 50.6 Å². The highest BCUT2D eigenvalue weighted by atomic mass is 16.4. The average molecular weight is 407 g/mol. The van der Waals surface area contributed by atoms with Crippen molar-refractivity contribution in [3.8, 4) is 0 Å². The lowest BCUT2D eigenvalue weighted by Crippen LogP contribution is -2.57. The van der Waals surface area contributed by atoms with Gasteiger partial charge in [0.1, 0.15) is 12.1 Å². The zero-order chi connectivity index (χ0) is 22.0. The molecule has 4 atom stereocenters. The molecule has 9 nitrogen and oxygen atoms in total. The number of benzene rings is 1. The summed E-state index contributed by atoms with van der Waals surface area (Å²) < 4.78 is 0. The first-order valence-electron chi connectivity index (χ1n) is 9.50. The molecule has 0 aliphatic heterocycles. The highest BCUT2D eigenvalue weighted by Gasteiger charge is 2.31.